The Morgan fingerprint density at radius 3 is 2.48 bits per heavy atom. The number of rotatable bonds is 4. The third kappa shape index (κ3) is 3.26. The summed E-state index contributed by atoms with van der Waals surface area (Å²) < 4.78 is 16.4. The van der Waals surface area contributed by atoms with E-state index in [4.69, 9.17) is 13.9 Å². The molecule has 3 aromatic rings. The molecule has 1 heterocycles. The highest BCUT2D eigenvalue weighted by Crippen LogP contribution is 2.32. The Bertz CT molecular complexity index is 983. The van der Waals surface area contributed by atoms with Gasteiger partial charge in [0.15, 0.2) is 5.76 Å². The molecular formula is C20H18O5. The Labute approximate surface area is 144 Å². The first-order chi connectivity index (χ1) is 12.0. The second-order valence-electron chi connectivity index (χ2n) is 5.65. The summed E-state index contributed by atoms with van der Waals surface area (Å²) in [6.07, 6.45) is 0.160. The first-order valence-corrected chi connectivity index (χ1v) is 7.96. The molecule has 0 atom stereocenters. The maximum atomic E-state index is 12.8. The summed E-state index contributed by atoms with van der Waals surface area (Å²) in [6, 6.07) is 12.3. The lowest BCUT2D eigenvalue weighted by atomic mass is 10.1. The Hall–Kier alpha value is -3.08. The van der Waals surface area contributed by atoms with Crippen LogP contribution in [0, 0.1) is 6.92 Å². The summed E-state index contributed by atoms with van der Waals surface area (Å²) in [5.41, 5.74) is 1.68. The topological polar surface area (TPSA) is 65.7 Å². The summed E-state index contributed by atoms with van der Waals surface area (Å²) in [4.78, 5) is 24.6. The quantitative estimate of drug-likeness (QED) is 0.670. The monoisotopic (exact) mass is 338 g/mol. The Kier molecular flexibility index (Phi) is 4.57. The van der Waals surface area contributed by atoms with E-state index in [1.807, 2.05) is 13.0 Å². The summed E-state index contributed by atoms with van der Waals surface area (Å²) in [6.45, 7) is 3.58. The maximum absolute atomic E-state index is 12.8. The van der Waals surface area contributed by atoms with Gasteiger partial charge in [-0.3, -0.25) is 9.59 Å². The van der Waals surface area contributed by atoms with E-state index in [9.17, 15) is 9.59 Å². The minimum absolute atomic E-state index is 0.0895. The summed E-state index contributed by atoms with van der Waals surface area (Å²) in [5.74, 6) is 0.323. The SMILES string of the molecule is CCC(=O)Oc1c(-c2ccc(OC)cc2)oc2cc(C)ccc2c1=O. The molecule has 0 unspecified atom stereocenters. The van der Waals surface area contributed by atoms with Crippen molar-refractivity contribution in [3.63, 3.8) is 0 Å². The van der Waals surface area contributed by atoms with Gasteiger partial charge in [-0.25, -0.2) is 0 Å². The molecule has 0 bridgehead atoms. The average molecular weight is 338 g/mol. The number of carbonyl (C=O) groups excluding carboxylic acids is 1. The van der Waals surface area contributed by atoms with Gasteiger partial charge in [0.25, 0.3) is 0 Å². The number of aryl methyl sites for hydroxylation is 1. The van der Waals surface area contributed by atoms with E-state index >= 15 is 0 Å². The Morgan fingerprint density at radius 1 is 1.12 bits per heavy atom. The molecular weight excluding hydrogens is 320 g/mol. The molecule has 0 aliphatic rings. The van der Waals surface area contributed by atoms with Crippen LogP contribution in [0.3, 0.4) is 0 Å². The van der Waals surface area contributed by atoms with Gasteiger partial charge in [0.1, 0.15) is 11.3 Å². The van der Waals surface area contributed by atoms with Gasteiger partial charge < -0.3 is 13.9 Å². The van der Waals surface area contributed by atoms with E-state index in [1.54, 1.807) is 50.4 Å². The first kappa shape index (κ1) is 16.8. The van der Waals surface area contributed by atoms with Gasteiger partial charge in [-0.05, 0) is 48.9 Å². The average Bonchev–Trinajstić information content (AvgIpc) is 2.63. The zero-order valence-corrected chi connectivity index (χ0v) is 14.3. The third-order valence-electron chi connectivity index (χ3n) is 3.86. The molecule has 0 spiro atoms. The predicted octanol–water partition coefficient (Wildman–Crippen LogP) is 4.09. The molecule has 0 N–H and O–H groups in total. The van der Waals surface area contributed by atoms with Crippen molar-refractivity contribution in [1.82, 2.24) is 0 Å². The first-order valence-electron chi connectivity index (χ1n) is 7.96. The highest BCUT2D eigenvalue weighted by molar-refractivity contribution is 5.84. The number of carbonyl (C=O) groups is 1. The van der Waals surface area contributed by atoms with Crippen molar-refractivity contribution in [3.8, 4) is 22.8 Å². The number of hydrogen-bond donors (Lipinski definition) is 0. The molecule has 3 rings (SSSR count). The molecule has 25 heavy (non-hydrogen) atoms. The second kappa shape index (κ2) is 6.81. The van der Waals surface area contributed by atoms with E-state index in [0.29, 0.717) is 22.3 Å². The van der Waals surface area contributed by atoms with Gasteiger partial charge in [-0.15, -0.1) is 0 Å². The molecule has 0 saturated carbocycles. The van der Waals surface area contributed by atoms with E-state index in [1.165, 1.54) is 0 Å². The number of ether oxygens (including phenoxy) is 2. The molecule has 0 aliphatic heterocycles. The highest BCUT2D eigenvalue weighted by Gasteiger charge is 2.20. The minimum Gasteiger partial charge on any atom is -0.497 e. The van der Waals surface area contributed by atoms with Crippen molar-refractivity contribution in [2.24, 2.45) is 0 Å². The van der Waals surface area contributed by atoms with E-state index in [0.717, 1.165) is 5.56 Å². The van der Waals surface area contributed by atoms with Gasteiger partial charge in [-0.2, -0.15) is 0 Å². The van der Waals surface area contributed by atoms with Crippen molar-refractivity contribution < 1.29 is 18.7 Å². The van der Waals surface area contributed by atoms with Crippen LogP contribution in [0.5, 0.6) is 11.5 Å². The third-order valence-corrected chi connectivity index (χ3v) is 3.86. The van der Waals surface area contributed by atoms with E-state index in [-0.39, 0.29) is 23.4 Å². The standard InChI is InChI=1S/C20H18O5/c1-4-17(21)25-20-18(22)15-10-5-12(2)11-16(15)24-19(20)13-6-8-14(23-3)9-7-13/h5-11H,4H2,1-3H3. The second-order valence-corrected chi connectivity index (χ2v) is 5.65. The normalized spacial score (nSPS) is 10.7. The number of methoxy groups -OCH3 is 1. The number of esters is 1. The Morgan fingerprint density at radius 2 is 1.84 bits per heavy atom. The molecule has 5 heteroatoms. The highest BCUT2D eigenvalue weighted by atomic mass is 16.5. The van der Waals surface area contributed by atoms with Crippen LogP contribution in [0.25, 0.3) is 22.3 Å². The van der Waals surface area contributed by atoms with Crippen molar-refractivity contribution in [2.45, 2.75) is 20.3 Å². The lowest BCUT2D eigenvalue weighted by Crippen LogP contribution is -2.15. The fourth-order valence-electron chi connectivity index (χ4n) is 2.49. The maximum Gasteiger partial charge on any atom is 0.311 e. The Balaban J connectivity index is 2.27. The van der Waals surface area contributed by atoms with E-state index < -0.39 is 5.97 Å². The fraction of sp³-hybridized carbons (Fsp3) is 0.200. The van der Waals surface area contributed by atoms with Crippen LogP contribution < -0.4 is 14.9 Å². The van der Waals surface area contributed by atoms with Crippen LogP contribution in [0.4, 0.5) is 0 Å². The van der Waals surface area contributed by atoms with Gasteiger partial charge in [0, 0.05) is 12.0 Å². The molecule has 0 aliphatic carbocycles. The molecule has 2 aromatic carbocycles. The summed E-state index contributed by atoms with van der Waals surface area (Å²) >= 11 is 0. The molecule has 1 aromatic heterocycles. The molecule has 0 amide bonds. The summed E-state index contributed by atoms with van der Waals surface area (Å²) in [7, 11) is 1.57. The van der Waals surface area contributed by atoms with Crippen LogP contribution >= 0.6 is 0 Å². The summed E-state index contributed by atoms with van der Waals surface area (Å²) in [5, 5.41) is 0.377. The predicted molar refractivity (Wildman–Crippen MR) is 95.1 cm³/mol. The van der Waals surface area contributed by atoms with Crippen molar-refractivity contribution in [1.29, 1.82) is 0 Å². The van der Waals surface area contributed by atoms with Gasteiger partial charge >= 0.3 is 5.97 Å². The van der Waals surface area contributed by atoms with Gasteiger partial charge in [-0.1, -0.05) is 13.0 Å². The smallest absolute Gasteiger partial charge is 0.311 e. The van der Waals surface area contributed by atoms with Crippen molar-refractivity contribution in [2.75, 3.05) is 7.11 Å². The van der Waals surface area contributed by atoms with Crippen LogP contribution in [0.15, 0.2) is 51.7 Å². The molecule has 5 nitrogen and oxygen atoms in total. The zero-order valence-electron chi connectivity index (χ0n) is 14.3. The number of fused-ring (bicyclic) bond motifs is 1. The van der Waals surface area contributed by atoms with Crippen LogP contribution in [0.2, 0.25) is 0 Å². The largest absolute Gasteiger partial charge is 0.497 e. The number of hydrogen-bond acceptors (Lipinski definition) is 5. The lowest BCUT2D eigenvalue weighted by Gasteiger charge is -2.11. The van der Waals surface area contributed by atoms with Crippen molar-refractivity contribution >= 4 is 16.9 Å². The lowest BCUT2D eigenvalue weighted by molar-refractivity contribution is -0.134. The van der Waals surface area contributed by atoms with E-state index in [2.05, 4.69) is 0 Å². The van der Waals surface area contributed by atoms with Crippen LogP contribution in [-0.4, -0.2) is 13.1 Å². The van der Waals surface area contributed by atoms with Crippen LogP contribution in [0.1, 0.15) is 18.9 Å². The van der Waals surface area contributed by atoms with Crippen LogP contribution in [-0.2, 0) is 4.79 Å². The zero-order chi connectivity index (χ0) is 18.0. The minimum atomic E-state index is -0.492. The molecule has 128 valence electrons. The molecule has 0 radical (unpaired) electrons. The fourth-order valence-corrected chi connectivity index (χ4v) is 2.49. The van der Waals surface area contributed by atoms with Gasteiger partial charge in [0.2, 0.25) is 11.2 Å². The van der Waals surface area contributed by atoms with Gasteiger partial charge in [0.05, 0.1) is 12.5 Å². The number of benzene rings is 2. The molecule has 0 saturated heterocycles. The molecule has 0 fully saturated rings. The van der Waals surface area contributed by atoms with Crippen molar-refractivity contribution in [3.05, 3.63) is 58.3 Å².